The van der Waals surface area contributed by atoms with E-state index in [0.29, 0.717) is 12.8 Å². The van der Waals surface area contributed by atoms with Crippen LogP contribution in [0, 0.1) is 0 Å². The largest absolute Gasteiger partial charge is 0.472 e. The Morgan fingerprint density at radius 2 is 0.783 bits per heavy atom. The number of phosphoric acid groups is 1. The van der Waals surface area contributed by atoms with Gasteiger partial charge in [0.1, 0.15) is 43.2 Å². The molecule has 69 heavy (non-hydrogen) atoms. The molecule has 14 heteroatoms. The van der Waals surface area contributed by atoms with Crippen molar-refractivity contribution in [3.05, 3.63) is 36.5 Å². The highest BCUT2D eigenvalue weighted by atomic mass is 31.2. The average molecular weight is 1000 g/mol. The lowest BCUT2D eigenvalue weighted by Gasteiger charge is -2.41. The quantitative estimate of drug-likeness (QED) is 0.0145. The van der Waals surface area contributed by atoms with Crippen molar-refractivity contribution in [1.29, 1.82) is 0 Å². The second kappa shape index (κ2) is 44.7. The number of ether oxygens (including phenoxy) is 2. The molecular formula is C55H101O13P. The molecule has 6 atom stereocenters. The Labute approximate surface area is 418 Å². The zero-order valence-corrected chi connectivity index (χ0v) is 44.3. The van der Waals surface area contributed by atoms with E-state index in [9.17, 15) is 44.6 Å². The summed E-state index contributed by atoms with van der Waals surface area (Å²) in [7, 11) is -5.13. The molecule has 1 saturated carbocycles. The lowest BCUT2D eigenvalue weighted by molar-refractivity contribution is -0.220. The topological polar surface area (TPSA) is 210 Å². The molecule has 0 spiro atoms. The number of aliphatic hydroxyl groups is 5. The van der Waals surface area contributed by atoms with Gasteiger partial charge in [0.2, 0.25) is 0 Å². The van der Waals surface area contributed by atoms with Crippen LogP contribution in [0.25, 0.3) is 0 Å². The van der Waals surface area contributed by atoms with Crippen LogP contribution in [0.2, 0.25) is 0 Å². The van der Waals surface area contributed by atoms with Crippen LogP contribution in [0.4, 0.5) is 0 Å². The molecule has 6 unspecified atom stereocenters. The summed E-state index contributed by atoms with van der Waals surface area (Å²) in [4.78, 5) is 35.9. The lowest BCUT2D eigenvalue weighted by Crippen LogP contribution is -2.64. The van der Waals surface area contributed by atoms with Crippen LogP contribution in [0.5, 0.6) is 0 Å². The van der Waals surface area contributed by atoms with Crippen LogP contribution in [0.3, 0.4) is 0 Å². The first kappa shape index (κ1) is 65.1. The molecule has 1 fully saturated rings. The summed E-state index contributed by atoms with van der Waals surface area (Å²) in [5, 5.41) is 50.3. The van der Waals surface area contributed by atoms with Crippen molar-refractivity contribution in [2.24, 2.45) is 0 Å². The van der Waals surface area contributed by atoms with Crippen molar-refractivity contribution in [2.45, 2.75) is 288 Å². The maximum atomic E-state index is 12.9. The zero-order chi connectivity index (χ0) is 50.6. The number of aliphatic hydroxyl groups excluding tert-OH is 5. The normalized spacial score (nSPS) is 21.1. The molecule has 0 aliphatic heterocycles. The molecule has 1 aliphatic carbocycles. The molecule has 0 saturated heterocycles. The first-order chi connectivity index (χ1) is 33.4. The van der Waals surface area contributed by atoms with Gasteiger partial charge in [0.05, 0.1) is 6.61 Å². The number of allylic oxidation sites excluding steroid dienone is 6. The molecule has 0 amide bonds. The minimum Gasteiger partial charge on any atom is -0.462 e. The van der Waals surface area contributed by atoms with Crippen LogP contribution in [-0.4, -0.2) is 98.3 Å². The predicted octanol–water partition coefficient (Wildman–Crippen LogP) is 12.5. The molecule has 0 aromatic carbocycles. The van der Waals surface area contributed by atoms with Crippen molar-refractivity contribution in [3.8, 4) is 0 Å². The predicted molar refractivity (Wildman–Crippen MR) is 277 cm³/mol. The van der Waals surface area contributed by atoms with Gasteiger partial charge >= 0.3 is 19.8 Å². The van der Waals surface area contributed by atoms with Gasteiger partial charge in [-0.2, -0.15) is 0 Å². The monoisotopic (exact) mass is 1000 g/mol. The van der Waals surface area contributed by atoms with E-state index >= 15 is 0 Å². The molecule has 404 valence electrons. The SMILES string of the molecule is CCCCC/C=C\C/C=C\C/C=C\CCCCCCCCC(=O)OC(COC(=O)CCCCCCCCCCCCCCCCCCCCCCC)COP(=O)(O)OC1C(O)C(O)C(O)C(O)C1O. The van der Waals surface area contributed by atoms with E-state index < -0.39 is 75.7 Å². The molecule has 13 nitrogen and oxygen atoms in total. The van der Waals surface area contributed by atoms with Crippen LogP contribution >= 0.6 is 7.82 Å². The number of unbranched alkanes of at least 4 members (excludes halogenated alkanes) is 29. The number of hydrogen-bond acceptors (Lipinski definition) is 12. The summed E-state index contributed by atoms with van der Waals surface area (Å²) in [5.74, 6) is -1.10. The number of esters is 2. The fraction of sp³-hybridized carbons (Fsp3) is 0.855. The van der Waals surface area contributed by atoms with Crippen LogP contribution < -0.4 is 0 Å². The summed E-state index contributed by atoms with van der Waals surface area (Å²) < 4.78 is 33.7. The number of carbonyl (C=O) groups is 2. The van der Waals surface area contributed by atoms with Gasteiger partial charge in [-0.15, -0.1) is 0 Å². The van der Waals surface area contributed by atoms with Crippen molar-refractivity contribution >= 4 is 19.8 Å². The highest BCUT2D eigenvalue weighted by Gasteiger charge is 2.51. The van der Waals surface area contributed by atoms with E-state index in [2.05, 4.69) is 50.3 Å². The molecule has 0 bridgehead atoms. The Bertz CT molecular complexity index is 1340. The lowest BCUT2D eigenvalue weighted by atomic mass is 9.85. The summed E-state index contributed by atoms with van der Waals surface area (Å²) in [5.41, 5.74) is 0. The van der Waals surface area contributed by atoms with Crippen LogP contribution in [0.1, 0.15) is 245 Å². The Hall–Kier alpha value is -1.93. The minimum absolute atomic E-state index is 0.0840. The van der Waals surface area contributed by atoms with Gasteiger partial charge in [-0.3, -0.25) is 18.6 Å². The van der Waals surface area contributed by atoms with E-state index in [-0.39, 0.29) is 12.8 Å². The van der Waals surface area contributed by atoms with Crippen molar-refractivity contribution in [2.75, 3.05) is 13.2 Å². The fourth-order valence-corrected chi connectivity index (χ4v) is 9.50. The molecule has 0 aromatic heterocycles. The summed E-state index contributed by atoms with van der Waals surface area (Å²) in [6, 6.07) is 0. The standard InChI is InChI=1S/C55H101O13P/c1-3-5-7-9-11-13-15-17-19-21-23-24-26-27-29-31-33-35-37-39-41-43-48(56)65-45-47(46-66-69(63,64)68-55-53(61)51(59)50(58)52(60)54(55)62)67-49(57)44-42-40-38-36-34-32-30-28-25-22-20-18-16-14-12-10-8-6-4-2/h12,14,18,20,25,28,47,50-55,58-62H,3-11,13,15-17,19,21-24,26-27,29-46H2,1-2H3,(H,63,64)/b14-12-,20-18-,28-25-. The summed E-state index contributed by atoms with van der Waals surface area (Å²) in [6.45, 7) is 3.31. The zero-order valence-electron chi connectivity index (χ0n) is 43.4. The van der Waals surface area contributed by atoms with Gasteiger partial charge in [0.25, 0.3) is 0 Å². The van der Waals surface area contributed by atoms with Crippen molar-refractivity contribution in [3.63, 3.8) is 0 Å². The maximum absolute atomic E-state index is 12.9. The maximum Gasteiger partial charge on any atom is 0.472 e. The average Bonchev–Trinajstić information content (AvgIpc) is 3.33. The molecule has 0 heterocycles. The van der Waals surface area contributed by atoms with E-state index in [1.807, 2.05) is 0 Å². The van der Waals surface area contributed by atoms with Gasteiger partial charge in [-0.1, -0.05) is 217 Å². The third-order valence-corrected chi connectivity index (χ3v) is 14.0. The van der Waals surface area contributed by atoms with Gasteiger partial charge in [0, 0.05) is 12.8 Å². The Balaban J connectivity index is 2.36. The number of carbonyl (C=O) groups excluding carboxylic acids is 2. The second-order valence-corrected chi connectivity index (χ2v) is 20.9. The molecule has 0 radical (unpaired) electrons. The first-order valence-electron chi connectivity index (χ1n) is 27.8. The van der Waals surface area contributed by atoms with Gasteiger partial charge in [-0.05, 0) is 51.4 Å². The fourth-order valence-electron chi connectivity index (χ4n) is 8.53. The minimum atomic E-state index is -5.13. The highest BCUT2D eigenvalue weighted by molar-refractivity contribution is 7.47. The van der Waals surface area contributed by atoms with Crippen molar-refractivity contribution in [1.82, 2.24) is 0 Å². The molecular weight excluding hydrogens is 900 g/mol. The Morgan fingerprint density at radius 1 is 0.449 bits per heavy atom. The summed E-state index contributed by atoms with van der Waals surface area (Å²) >= 11 is 0. The third-order valence-electron chi connectivity index (χ3n) is 13.0. The van der Waals surface area contributed by atoms with E-state index in [1.165, 1.54) is 135 Å². The molecule has 1 aliphatic rings. The van der Waals surface area contributed by atoms with E-state index in [1.54, 1.807) is 0 Å². The Kier molecular flexibility index (Phi) is 42.2. The summed E-state index contributed by atoms with van der Waals surface area (Å²) in [6.07, 6.45) is 40.4. The molecule has 6 N–H and O–H groups in total. The van der Waals surface area contributed by atoms with Crippen LogP contribution in [0.15, 0.2) is 36.5 Å². The van der Waals surface area contributed by atoms with Gasteiger partial charge in [0.15, 0.2) is 6.10 Å². The van der Waals surface area contributed by atoms with Gasteiger partial charge < -0.3 is 39.9 Å². The van der Waals surface area contributed by atoms with E-state index in [0.717, 1.165) is 70.6 Å². The second-order valence-electron chi connectivity index (χ2n) is 19.4. The Morgan fingerprint density at radius 3 is 1.22 bits per heavy atom. The van der Waals surface area contributed by atoms with Gasteiger partial charge in [-0.25, -0.2) is 4.57 Å². The molecule has 0 aromatic rings. The van der Waals surface area contributed by atoms with E-state index in [4.69, 9.17) is 18.5 Å². The van der Waals surface area contributed by atoms with Crippen LogP contribution in [-0.2, 0) is 32.7 Å². The number of rotatable bonds is 47. The number of phosphoric ester groups is 1. The third kappa shape index (κ3) is 36.6. The highest BCUT2D eigenvalue weighted by Crippen LogP contribution is 2.47. The smallest absolute Gasteiger partial charge is 0.462 e. The molecule has 1 rings (SSSR count). The van der Waals surface area contributed by atoms with Crippen molar-refractivity contribution < 1.29 is 63.1 Å². The number of hydrogen-bond donors (Lipinski definition) is 6. The first-order valence-corrected chi connectivity index (χ1v) is 29.3.